The van der Waals surface area contributed by atoms with E-state index in [1.807, 2.05) is 42.5 Å². The number of hydrogen-bond acceptors (Lipinski definition) is 3. The van der Waals surface area contributed by atoms with Crippen molar-refractivity contribution in [1.82, 2.24) is 4.98 Å². The molecule has 1 N–H and O–H groups in total. The van der Waals surface area contributed by atoms with Crippen LogP contribution in [-0.2, 0) is 12.8 Å². The van der Waals surface area contributed by atoms with Gasteiger partial charge in [0.15, 0.2) is 5.13 Å². The van der Waals surface area contributed by atoms with Crippen LogP contribution in [0.3, 0.4) is 0 Å². The van der Waals surface area contributed by atoms with Gasteiger partial charge >= 0.3 is 0 Å². The summed E-state index contributed by atoms with van der Waals surface area (Å²) in [7, 11) is 0. The number of aryl methyl sites for hydroxylation is 2. The van der Waals surface area contributed by atoms with Gasteiger partial charge in [-0.1, -0.05) is 42.5 Å². The molecule has 1 aliphatic rings. The zero-order chi connectivity index (χ0) is 15.6. The van der Waals surface area contributed by atoms with Crippen LogP contribution in [-0.4, -0.2) is 10.9 Å². The Bertz CT molecular complexity index is 816. The predicted molar refractivity (Wildman–Crippen MR) is 94.0 cm³/mol. The molecule has 1 heterocycles. The fourth-order valence-corrected chi connectivity index (χ4v) is 3.90. The van der Waals surface area contributed by atoms with Crippen molar-refractivity contribution in [3.63, 3.8) is 0 Å². The molecule has 0 atom stereocenters. The molecule has 1 aromatic heterocycles. The van der Waals surface area contributed by atoms with Gasteiger partial charge in [0.05, 0.1) is 5.69 Å². The first kappa shape index (κ1) is 14.2. The van der Waals surface area contributed by atoms with Crippen molar-refractivity contribution >= 4 is 22.4 Å². The van der Waals surface area contributed by atoms with Crippen molar-refractivity contribution < 1.29 is 4.79 Å². The molecule has 0 aliphatic heterocycles. The minimum absolute atomic E-state index is 0.1000. The highest BCUT2D eigenvalue weighted by Gasteiger charge is 2.18. The third-order valence-electron chi connectivity index (χ3n) is 4.07. The first-order valence-electron chi connectivity index (χ1n) is 7.75. The fraction of sp³-hybridized carbons (Fsp3) is 0.158. The number of benzene rings is 2. The Labute approximate surface area is 139 Å². The minimum atomic E-state index is -0.1000. The SMILES string of the molecule is O=C(Nc1nc2c(s1)CCC2)c1ccc(-c2ccccc2)cc1. The molecule has 4 rings (SSSR count). The molecule has 4 heteroatoms. The van der Waals surface area contributed by atoms with Crippen molar-refractivity contribution in [2.24, 2.45) is 0 Å². The van der Waals surface area contributed by atoms with E-state index in [0.29, 0.717) is 10.7 Å². The smallest absolute Gasteiger partial charge is 0.257 e. The number of anilines is 1. The maximum absolute atomic E-state index is 12.3. The van der Waals surface area contributed by atoms with E-state index in [0.717, 1.165) is 29.7 Å². The van der Waals surface area contributed by atoms with Crippen molar-refractivity contribution in [2.75, 3.05) is 5.32 Å². The number of carbonyl (C=O) groups excluding carboxylic acids is 1. The number of amides is 1. The molecule has 0 bridgehead atoms. The molecule has 0 fully saturated rings. The lowest BCUT2D eigenvalue weighted by atomic mass is 10.0. The Morgan fingerprint density at radius 1 is 0.957 bits per heavy atom. The lowest BCUT2D eigenvalue weighted by Crippen LogP contribution is -2.11. The first-order valence-corrected chi connectivity index (χ1v) is 8.57. The van der Waals surface area contributed by atoms with E-state index in [-0.39, 0.29) is 5.91 Å². The summed E-state index contributed by atoms with van der Waals surface area (Å²) >= 11 is 1.60. The van der Waals surface area contributed by atoms with Crippen molar-refractivity contribution in [3.8, 4) is 11.1 Å². The van der Waals surface area contributed by atoms with Crippen LogP contribution >= 0.6 is 11.3 Å². The molecule has 0 radical (unpaired) electrons. The van der Waals surface area contributed by atoms with Crippen molar-refractivity contribution in [2.45, 2.75) is 19.3 Å². The number of nitrogens with zero attached hydrogens (tertiary/aromatic N) is 1. The van der Waals surface area contributed by atoms with Gasteiger partial charge in [0, 0.05) is 10.4 Å². The maximum Gasteiger partial charge on any atom is 0.257 e. The number of hydrogen-bond donors (Lipinski definition) is 1. The van der Waals surface area contributed by atoms with Gasteiger partial charge in [-0.3, -0.25) is 10.1 Å². The molecular formula is C19H16N2OS. The summed E-state index contributed by atoms with van der Waals surface area (Å²) < 4.78 is 0. The molecule has 3 nitrogen and oxygen atoms in total. The topological polar surface area (TPSA) is 42.0 Å². The summed E-state index contributed by atoms with van der Waals surface area (Å²) in [4.78, 5) is 18.2. The average molecular weight is 320 g/mol. The molecule has 1 amide bonds. The third kappa shape index (κ3) is 2.90. The van der Waals surface area contributed by atoms with Gasteiger partial charge in [-0.2, -0.15) is 0 Å². The standard InChI is InChI=1S/C19H16N2OS/c22-18(21-19-20-16-7-4-8-17(16)23-19)15-11-9-14(10-12-15)13-5-2-1-3-6-13/h1-3,5-6,9-12H,4,7-8H2,(H,20,21,22). The van der Waals surface area contributed by atoms with E-state index in [2.05, 4.69) is 22.4 Å². The number of rotatable bonds is 3. The summed E-state index contributed by atoms with van der Waals surface area (Å²) in [6.07, 6.45) is 3.31. The third-order valence-corrected chi connectivity index (χ3v) is 5.14. The molecule has 3 aromatic rings. The van der Waals surface area contributed by atoms with E-state index >= 15 is 0 Å². The number of nitrogens with one attached hydrogen (secondary N) is 1. The highest BCUT2D eigenvalue weighted by molar-refractivity contribution is 7.16. The second-order valence-electron chi connectivity index (χ2n) is 5.64. The number of carbonyl (C=O) groups is 1. The van der Waals surface area contributed by atoms with Gasteiger partial charge in [0.2, 0.25) is 0 Å². The summed E-state index contributed by atoms with van der Waals surface area (Å²) in [5.74, 6) is -0.1000. The quantitative estimate of drug-likeness (QED) is 0.769. The van der Waals surface area contributed by atoms with Crippen LogP contribution < -0.4 is 5.32 Å². The van der Waals surface area contributed by atoms with E-state index < -0.39 is 0 Å². The fourth-order valence-electron chi connectivity index (χ4n) is 2.86. The van der Waals surface area contributed by atoms with E-state index in [1.54, 1.807) is 11.3 Å². The number of aromatic nitrogens is 1. The second-order valence-corrected chi connectivity index (χ2v) is 6.72. The highest BCUT2D eigenvalue weighted by Crippen LogP contribution is 2.30. The normalized spacial score (nSPS) is 12.9. The lowest BCUT2D eigenvalue weighted by Gasteiger charge is -2.04. The Morgan fingerprint density at radius 2 is 1.70 bits per heavy atom. The number of thiazole rings is 1. The van der Waals surface area contributed by atoms with Gasteiger partial charge in [-0.15, -0.1) is 11.3 Å². The van der Waals surface area contributed by atoms with Crippen LogP contribution in [0.25, 0.3) is 11.1 Å². The molecule has 1 aliphatic carbocycles. The largest absolute Gasteiger partial charge is 0.298 e. The van der Waals surface area contributed by atoms with Crippen molar-refractivity contribution in [3.05, 3.63) is 70.7 Å². The van der Waals surface area contributed by atoms with Crippen LogP contribution in [0.1, 0.15) is 27.3 Å². The van der Waals surface area contributed by atoms with Crippen LogP contribution in [0.5, 0.6) is 0 Å². The molecule has 23 heavy (non-hydrogen) atoms. The average Bonchev–Trinajstić information content (AvgIpc) is 3.17. The number of fused-ring (bicyclic) bond motifs is 1. The molecule has 2 aromatic carbocycles. The summed E-state index contributed by atoms with van der Waals surface area (Å²) in [6.45, 7) is 0. The molecule has 0 saturated carbocycles. The first-order chi connectivity index (χ1) is 11.3. The molecular weight excluding hydrogens is 304 g/mol. The Kier molecular flexibility index (Phi) is 3.67. The van der Waals surface area contributed by atoms with Gasteiger partial charge < -0.3 is 0 Å². The lowest BCUT2D eigenvalue weighted by molar-refractivity contribution is 0.102. The highest BCUT2D eigenvalue weighted by atomic mass is 32.1. The van der Waals surface area contributed by atoms with E-state index in [9.17, 15) is 4.79 Å². The zero-order valence-corrected chi connectivity index (χ0v) is 13.4. The summed E-state index contributed by atoms with van der Waals surface area (Å²) in [6, 6.07) is 17.8. The maximum atomic E-state index is 12.3. The van der Waals surface area contributed by atoms with E-state index in [1.165, 1.54) is 11.3 Å². The Balaban J connectivity index is 1.50. The second kappa shape index (κ2) is 5.97. The Morgan fingerprint density at radius 3 is 2.43 bits per heavy atom. The Hall–Kier alpha value is -2.46. The minimum Gasteiger partial charge on any atom is -0.298 e. The van der Waals surface area contributed by atoms with Crippen molar-refractivity contribution in [1.29, 1.82) is 0 Å². The van der Waals surface area contributed by atoms with Gasteiger partial charge in [-0.05, 0) is 42.5 Å². The molecule has 0 unspecified atom stereocenters. The predicted octanol–water partition coefficient (Wildman–Crippen LogP) is 4.55. The summed E-state index contributed by atoms with van der Waals surface area (Å²) in [5.41, 5.74) is 4.07. The monoisotopic (exact) mass is 320 g/mol. The zero-order valence-electron chi connectivity index (χ0n) is 12.6. The van der Waals surface area contributed by atoms with Crippen LogP contribution in [0.4, 0.5) is 5.13 Å². The van der Waals surface area contributed by atoms with Gasteiger partial charge in [0.25, 0.3) is 5.91 Å². The summed E-state index contributed by atoms with van der Waals surface area (Å²) in [5, 5.41) is 3.63. The molecule has 114 valence electrons. The van der Waals surface area contributed by atoms with Crippen LogP contribution in [0.2, 0.25) is 0 Å². The van der Waals surface area contributed by atoms with Crippen LogP contribution in [0, 0.1) is 0 Å². The van der Waals surface area contributed by atoms with Crippen LogP contribution in [0.15, 0.2) is 54.6 Å². The van der Waals surface area contributed by atoms with Gasteiger partial charge in [-0.25, -0.2) is 4.98 Å². The molecule has 0 spiro atoms. The molecule has 0 saturated heterocycles. The van der Waals surface area contributed by atoms with Gasteiger partial charge in [0.1, 0.15) is 0 Å². The van der Waals surface area contributed by atoms with E-state index in [4.69, 9.17) is 0 Å².